The molecule has 1 fully saturated rings. The molecule has 3 aromatic rings. The first-order valence-electron chi connectivity index (χ1n) is 11.1. The van der Waals surface area contributed by atoms with Crippen LogP contribution in [0.15, 0.2) is 78.4 Å². The average molecular weight is 458 g/mol. The van der Waals surface area contributed by atoms with Crippen molar-refractivity contribution in [3.63, 3.8) is 0 Å². The standard InChI is InChI=1S/C28H27NO5/c1-4-34-23-15-12-21(16-18(23)2)26(30)24-25(20-8-6-5-7-9-20)29(28(32)27(24)31)17-19-10-13-22(33-3)14-11-19/h5-16,25,30H,4,17H2,1-3H3/b26-24-. The molecule has 6 nitrogen and oxygen atoms in total. The van der Waals surface area contributed by atoms with Gasteiger partial charge in [0.2, 0.25) is 0 Å². The van der Waals surface area contributed by atoms with E-state index in [1.165, 1.54) is 4.90 Å². The number of nitrogens with zero attached hydrogens (tertiary/aromatic N) is 1. The van der Waals surface area contributed by atoms with E-state index in [2.05, 4.69) is 0 Å². The zero-order chi connectivity index (χ0) is 24.2. The lowest BCUT2D eigenvalue weighted by molar-refractivity contribution is -0.140. The third-order valence-electron chi connectivity index (χ3n) is 5.92. The number of Topliss-reactive ketones (excluding diaryl/α,β-unsaturated/α-hetero) is 1. The van der Waals surface area contributed by atoms with Gasteiger partial charge in [-0.3, -0.25) is 9.59 Å². The quantitative estimate of drug-likeness (QED) is 0.306. The summed E-state index contributed by atoms with van der Waals surface area (Å²) in [6.07, 6.45) is 0. The van der Waals surface area contributed by atoms with Crippen LogP contribution in [0.5, 0.6) is 11.5 Å². The van der Waals surface area contributed by atoms with Crippen LogP contribution in [-0.2, 0) is 16.1 Å². The van der Waals surface area contributed by atoms with Crippen LogP contribution in [0, 0.1) is 6.92 Å². The monoisotopic (exact) mass is 457 g/mol. The maximum absolute atomic E-state index is 13.2. The SMILES string of the molecule is CCOc1ccc(/C(O)=C2/C(=O)C(=O)N(Cc3ccc(OC)cc3)C2c2ccccc2)cc1C. The predicted molar refractivity (Wildman–Crippen MR) is 130 cm³/mol. The Labute approximate surface area is 199 Å². The Kier molecular flexibility index (Phi) is 6.68. The molecule has 174 valence electrons. The summed E-state index contributed by atoms with van der Waals surface area (Å²) >= 11 is 0. The second kappa shape index (κ2) is 9.83. The Morgan fingerprint density at radius 2 is 1.71 bits per heavy atom. The smallest absolute Gasteiger partial charge is 0.295 e. The van der Waals surface area contributed by atoms with E-state index in [0.29, 0.717) is 23.7 Å². The molecule has 0 aromatic heterocycles. The Bertz CT molecular complexity index is 1230. The molecule has 1 N–H and O–H groups in total. The third-order valence-corrected chi connectivity index (χ3v) is 5.92. The number of methoxy groups -OCH3 is 1. The predicted octanol–water partition coefficient (Wildman–Crippen LogP) is 5.02. The number of hydrogen-bond acceptors (Lipinski definition) is 5. The van der Waals surface area contributed by atoms with E-state index < -0.39 is 17.7 Å². The minimum atomic E-state index is -0.713. The highest BCUT2D eigenvalue weighted by Gasteiger charge is 2.46. The van der Waals surface area contributed by atoms with E-state index in [4.69, 9.17) is 9.47 Å². The van der Waals surface area contributed by atoms with Crippen LogP contribution in [0.4, 0.5) is 0 Å². The molecule has 34 heavy (non-hydrogen) atoms. The lowest BCUT2D eigenvalue weighted by Crippen LogP contribution is -2.29. The summed E-state index contributed by atoms with van der Waals surface area (Å²) in [5.41, 5.74) is 2.96. The second-order valence-electron chi connectivity index (χ2n) is 8.10. The molecule has 1 aliphatic heterocycles. The first-order valence-corrected chi connectivity index (χ1v) is 11.1. The first kappa shape index (κ1) is 23.1. The molecular formula is C28H27NO5. The molecule has 0 bridgehead atoms. The summed E-state index contributed by atoms with van der Waals surface area (Å²) in [6.45, 7) is 4.51. The normalized spacial score (nSPS) is 17.1. The highest BCUT2D eigenvalue weighted by molar-refractivity contribution is 6.46. The van der Waals surface area contributed by atoms with Gasteiger partial charge in [-0.25, -0.2) is 0 Å². The van der Waals surface area contributed by atoms with Crippen molar-refractivity contribution < 1.29 is 24.2 Å². The molecule has 3 aromatic carbocycles. The number of ketones is 1. The van der Waals surface area contributed by atoms with Crippen LogP contribution in [0.3, 0.4) is 0 Å². The topological polar surface area (TPSA) is 76.1 Å². The van der Waals surface area contributed by atoms with Gasteiger partial charge in [0, 0.05) is 12.1 Å². The second-order valence-corrected chi connectivity index (χ2v) is 8.10. The molecule has 1 atom stereocenters. The van der Waals surface area contributed by atoms with Crippen molar-refractivity contribution in [2.75, 3.05) is 13.7 Å². The van der Waals surface area contributed by atoms with Gasteiger partial charge in [-0.15, -0.1) is 0 Å². The van der Waals surface area contributed by atoms with Crippen molar-refractivity contribution in [1.29, 1.82) is 0 Å². The number of aliphatic hydroxyl groups excluding tert-OH is 1. The zero-order valence-electron chi connectivity index (χ0n) is 19.4. The fraction of sp³-hybridized carbons (Fsp3) is 0.214. The fourth-order valence-electron chi connectivity index (χ4n) is 4.22. The number of ether oxygens (including phenoxy) is 2. The van der Waals surface area contributed by atoms with Crippen LogP contribution in [0.2, 0.25) is 0 Å². The van der Waals surface area contributed by atoms with Gasteiger partial charge >= 0.3 is 0 Å². The minimum Gasteiger partial charge on any atom is -0.507 e. The highest BCUT2D eigenvalue weighted by atomic mass is 16.5. The van der Waals surface area contributed by atoms with Crippen LogP contribution in [0.1, 0.15) is 35.2 Å². The van der Waals surface area contributed by atoms with Gasteiger partial charge < -0.3 is 19.5 Å². The van der Waals surface area contributed by atoms with Gasteiger partial charge in [-0.1, -0.05) is 42.5 Å². The van der Waals surface area contributed by atoms with Crippen molar-refractivity contribution in [3.8, 4) is 11.5 Å². The molecular weight excluding hydrogens is 430 g/mol. The summed E-state index contributed by atoms with van der Waals surface area (Å²) in [7, 11) is 1.59. The van der Waals surface area contributed by atoms with Crippen molar-refractivity contribution in [1.82, 2.24) is 4.90 Å². The summed E-state index contributed by atoms with van der Waals surface area (Å²) in [5, 5.41) is 11.3. The van der Waals surface area contributed by atoms with E-state index >= 15 is 0 Å². The number of benzene rings is 3. The highest BCUT2D eigenvalue weighted by Crippen LogP contribution is 2.40. The summed E-state index contributed by atoms with van der Waals surface area (Å²) < 4.78 is 10.8. The fourth-order valence-corrected chi connectivity index (χ4v) is 4.22. The van der Waals surface area contributed by atoms with Crippen molar-refractivity contribution in [2.45, 2.75) is 26.4 Å². The Balaban J connectivity index is 1.80. The number of rotatable bonds is 7. The molecule has 6 heteroatoms. The van der Waals surface area contributed by atoms with Gasteiger partial charge in [-0.2, -0.15) is 0 Å². The lowest BCUT2D eigenvalue weighted by atomic mass is 9.94. The molecule has 0 spiro atoms. The number of hydrogen-bond donors (Lipinski definition) is 1. The molecule has 0 radical (unpaired) electrons. The maximum atomic E-state index is 13.2. The van der Waals surface area contributed by atoms with E-state index in [-0.39, 0.29) is 17.9 Å². The first-order chi connectivity index (χ1) is 16.4. The van der Waals surface area contributed by atoms with Gasteiger partial charge in [-0.05, 0) is 60.9 Å². The van der Waals surface area contributed by atoms with Crippen molar-refractivity contribution >= 4 is 17.4 Å². The summed E-state index contributed by atoms with van der Waals surface area (Å²) in [4.78, 5) is 27.9. The molecule has 4 rings (SSSR count). The van der Waals surface area contributed by atoms with E-state index in [1.807, 2.05) is 68.4 Å². The lowest BCUT2D eigenvalue weighted by Gasteiger charge is -2.25. The molecule has 0 aliphatic carbocycles. The maximum Gasteiger partial charge on any atom is 0.295 e. The number of carbonyl (C=O) groups is 2. The zero-order valence-corrected chi connectivity index (χ0v) is 19.4. The van der Waals surface area contributed by atoms with E-state index in [9.17, 15) is 14.7 Å². The molecule has 1 unspecified atom stereocenters. The van der Waals surface area contributed by atoms with E-state index in [0.717, 1.165) is 16.7 Å². The Morgan fingerprint density at radius 1 is 1.00 bits per heavy atom. The van der Waals surface area contributed by atoms with Crippen LogP contribution >= 0.6 is 0 Å². The minimum absolute atomic E-state index is 0.0771. The van der Waals surface area contributed by atoms with E-state index in [1.54, 1.807) is 25.3 Å². The largest absolute Gasteiger partial charge is 0.507 e. The molecule has 1 saturated heterocycles. The van der Waals surface area contributed by atoms with Gasteiger partial charge in [0.05, 0.1) is 25.3 Å². The van der Waals surface area contributed by atoms with Crippen molar-refractivity contribution in [2.24, 2.45) is 0 Å². The van der Waals surface area contributed by atoms with Gasteiger partial charge in [0.25, 0.3) is 11.7 Å². The van der Waals surface area contributed by atoms with Crippen LogP contribution < -0.4 is 9.47 Å². The average Bonchev–Trinajstić information content (AvgIpc) is 3.11. The number of amides is 1. The summed E-state index contributed by atoms with van der Waals surface area (Å²) in [6, 6.07) is 21.1. The number of aliphatic hydroxyl groups is 1. The molecule has 1 heterocycles. The number of carbonyl (C=O) groups excluding carboxylic acids is 2. The van der Waals surface area contributed by atoms with Crippen LogP contribution in [-0.4, -0.2) is 35.4 Å². The number of likely N-dealkylation sites (tertiary alicyclic amines) is 1. The third kappa shape index (κ3) is 4.39. The van der Waals surface area contributed by atoms with Crippen LogP contribution in [0.25, 0.3) is 5.76 Å². The molecule has 0 saturated carbocycles. The van der Waals surface area contributed by atoms with Crippen molar-refractivity contribution in [3.05, 3.63) is 101 Å². The number of aryl methyl sites for hydroxylation is 1. The van der Waals surface area contributed by atoms with Gasteiger partial charge in [0.15, 0.2) is 0 Å². The molecule has 1 amide bonds. The molecule has 1 aliphatic rings. The Morgan fingerprint density at radius 3 is 2.32 bits per heavy atom. The Hall–Kier alpha value is -4.06. The summed E-state index contributed by atoms with van der Waals surface area (Å²) in [5.74, 6) is -0.134. The van der Waals surface area contributed by atoms with Gasteiger partial charge in [0.1, 0.15) is 17.3 Å².